The van der Waals surface area contributed by atoms with Gasteiger partial charge in [-0.1, -0.05) is 0 Å². The molecule has 0 atom stereocenters. The van der Waals surface area contributed by atoms with Crippen LogP contribution < -0.4 is 0 Å². The van der Waals surface area contributed by atoms with Crippen LogP contribution in [0.3, 0.4) is 0 Å². The van der Waals surface area contributed by atoms with Crippen LogP contribution in [0, 0.1) is 0 Å². The summed E-state index contributed by atoms with van der Waals surface area (Å²) in [5.74, 6) is 0. The van der Waals surface area contributed by atoms with Gasteiger partial charge in [0.2, 0.25) is 0 Å². The van der Waals surface area contributed by atoms with Crippen LogP contribution in [-0.4, -0.2) is 35.9 Å². The Morgan fingerprint density at radius 1 is 1.07 bits per heavy atom. The maximum Gasteiger partial charge on any atom is 0.319 e. The summed E-state index contributed by atoms with van der Waals surface area (Å²) in [6.07, 6.45) is 11.3. The molecule has 0 spiro atoms. The average Bonchev–Trinajstić information content (AvgIpc) is 2.29. The SMILES string of the molecule is CSC1(SC)CCC[Si](SC)(SC)O1. The molecule has 0 radical (unpaired) electrons. The van der Waals surface area contributed by atoms with Crippen LogP contribution in [-0.2, 0) is 4.43 Å². The monoisotopic (exact) mass is 286 g/mol. The summed E-state index contributed by atoms with van der Waals surface area (Å²) in [5, 5.41) is 0. The van der Waals surface area contributed by atoms with Gasteiger partial charge in [-0.25, -0.2) is 0 Å². The highest BCUT2D eigenvalue weighted by atomic mass is 32.6. The van der Waals surface area contributed by atoms with Crippen LogP contribution in [0.1, 0.15) is 12.8 Å². The Kier molecular flexibility index (Phi) is 5.62. The van der Waals surface area contributed by atoms with Crippen LogP contribution in [0.4, 0.5) is 0 Å². The fourth-order valence-corrected chi connectivity index (χ4v) is 12.6. The Balaban J connectivity index is 2.75. The summed E-state index contributed by atoms with van der Waals surface area (Å²) >= 11 is 7.71. The van der Waals surface area contributed by atoms with Gasteiger partial charge in [-0.2, -0.15) is 0 Å². The first kappa shape index (κ1) is 13.6. The van der Waals surface area contributed by atoms with Gasteiger partial charge >= 0.3 is 6.62 Å². The molecular formula is C8H18OS4Si. The van der Waals surface area contributed by atoms with E-state index in [0.29, 0.717) is 0 Å². The van der Waals surface area contributed by atoms with Crippen LogP contribution in [0.5, 0.6) is 0 Å². The number of rotatable bonds is 4. The molecule has 1 aliphatic heterocycles. The molecule has 0 unspecified atom stereocenters. The minimum atomic E-state index is -1.52. The summed E-state index contributed by atoms with van der Waals surface area (Å²) in [5.41, 5.74) is 0. The van der Waals surface area contributed by atoms with Gasteiger partial charge in [-0.15, -0.1) is 45.9 Å². The molecule has 0 aromatic heterocycles. The van der Waals surface area contributed by atoms with Crippen molar-refractivity contribution in [1.82, 2.24) is 0 Å². The molecule has 0 aromatic rings. The lowest BCUT2D eigenvalue weighted by Gasteiger charge is -2.43. The Hall–Kier alpha value is 1.58. The predicted molar refractivity (Wildman–Crippen MR) is 77.7 cm³/mol. The largest absolute Gasteiger partial charge is 0.375 e. The summed E-state index contributed by atoms with van der Waals surface area (Å²) in [7, 11) is 0. The third-order valence-electron chi connectivity index (χ3n) is 2.52. The summed E-state index contributed by atoms with van der Waals surface area (Å²) < 4.78 is 6.50. The van der Waals surface area contributed by atoms with Gasteiger partial charge in [-0.3, -0.25) is 0 Å². The van der Waals surface area contributed by atoms with Crippen molar-refractivity contribution in [2.24, 2.45) is 0 Å². The lowest BCUT2D eigenvalue weighted by Crippen LogP contribution is -2.44. The van der Waals surface area contributed by atoms with Crippen molar-refractivity contribution in [1.29, 1.82) is 0 Å². The van der Waals surface area contributed by atoms with Crippen LogP contribution >= 0.6 is 45.9 Å². The molecule has 0 N–H and O–H groups in total. The molecule has 0 amide bonds. The van der Waals surface area contributed by atoms with E-state index in [0.717, 1.165) is 0 Å². The molecule has 1 nitrogen and oxygen atoms in total. The van der Waals surface area contributed by atoms with Crippen molar-refractivity contribution < 1.29 is 4.43 Å². The molecule has 1 fully saturated rings. The van der Waals surface area contributed by atoms with Gasteiger partial charge in [-0.05, 0) is 43.9 Å². The second-order valence-electron chi connectivity index (χ2n) is 3.14. The zero-order valence-electron chi connectivity index (χ0n) is 9.16. The molecule has 0 saturated carbocycles. The molecule has 84 valence electrons. The van der Waals surface area contributed by atoms with Crippen LogP contribution in [0.15, 0.2) is 0 Å². The van der Waals surface area contributed by atoms with E-state index in [-0.39, 0.29) is 4.27 Å². The van der Waals surface area contributed by atoms with Gasteiger partial charge in [0.05, 0.1) is 0 Å². The van der Waals surface area contributed by atoms with E-state index in [2.05, 4.69) is 25.0 Å². The van der Waals surface area contributed by atoms with Crippen molar-refractivity contribution in [3.05, 3.63) is 0 Å². The molecular weight excluding hydrogens is 268 g/mol. The number of thioether (sulfide) groups is 2. The fraction of sp³-hybridized carbons (Fsp3) is 1.00. The van der Waals surface area contributed by atoms with Crippen molar-refractivity contribution in [2.75, 3.05) is 25.0 Å². The van der Waals surface area contributed by atoms with Gasteiger partial charge < -0.3 is 4.43 Å². The summed E-state index contributed by atoms with van der Waals surface area (Å²) in [4.78, 5) is 0. The number of hydrogen-bond acceptors (Lipinski definition) is 5. The maximum atomic E-state index is 6.45. The van der Waals surface area contributed by atoms with Gasteiger partial charge in [0.1, 0.15) is 0 Å². The Morgan fingerprint density at radius 3 is 2.07 bits per heavy atom. The molecule has 14 heavy (non-hydrogen) atoms. The standard InChI is InChI=1S/C8H18OS4Si/c1-10-8(11-2)6-5-7-14(9-8,12-3)13-4/h5-7H2,1-4H3. The lowest BCUT2D eigenvalue weighted by molar-refractivity contribution is 0.230. The summed E-state index contributed by atoms with van der Waals surface area (Å²) in [6, 6.07) is 1.30. The number of hydrogen-bond donors (Lipinski definition) is 0. The third-order valence-corrected chi connectivity index (χ3v) is 17.0. The summed E-state index contributed by atoms with van der Waals surface area (Å²) in [6.45, 7) is -1.52. The van der Waals surface area contributed by atoms with Crippen molar-refractivity contribution in [3.63, 3.8) is 0 Å². The molecule has 6 heteroatoms. The topological polar surface area (TPSA) is 9.23 Å². The highest BCUT2D eigenvalue weighted by Crippen LogP contribution is 2.52. The molecule has 1 aliphatic rings. The zero-order valence-corrected chi connectivity index (χ0v) is 13.4. The van der Waals surface area contributed by atoms with Gasteiger partial charge in [0, 0.05) is 0 Å². The predicted octanol–water partition coefficient (Wildman–Crippen LogP) is 3.84. The average molecular weight is 287 g/mol. The highest BCUT2D eigenvalue weighted by molar-refractivity contribution is 8.57. The van der Waals surface area contributed by atoms with Gasteiger partial charge in [0.25, 0.3) is 0 Å². The van der Waals surface area contributed by atoms with Gasteiger partial charge in [0.15, 0.2) is 4.27 Å². The first-order valence-electron chi connectivity index (χ1n) is 4.56. The second kappa shape index (κ2) is 5.77. The van der Waals surface area contributed by atoms with E-state index >= 15 is 0 Å². The molecule has 1 saturated heterocycles. The van der Waals surface area contributed by atoms with E-state index in [1.807, 2.05) is 45.9 Å². The normalized spacial score (nSPS) is 24.9. The maximum absolute atomic E-state index is 6.45. The third kappa shape index (κ3) is 2.82. The molecule has 1 heterocycles. The minimum absolute atomic E-state index is 0.0521. The van der Waals surface area contributed by atoms with E-state index in [9.17, 15) is 0 Å². The molecule has 0 aliphatic carbocycles. The van der Waals surface area contributed by atoms with Crippen LogP contribution in [0.2, 0.25) is 6.04 Å². The molecule has 1 rings (SSSR count). The first-order valence-corrected chi connectivity index (χ1v) is 13.0. The molecule has 0 bridgehead atoms. The highest BCUT2D eigenvalue weighted by Gasteiger charge is 2.47. The van der Waals surface area contributed by atoms with Crippen LogP contribution in [0.25, 0.3) is 0 Å². The lowest BCUT2D eigenvalue weighted by atomic mass is 10.3. The Bertz CT molecular complexity index is 164. The van der Waals surface area contributed by atoms with Crippen molar-refractivity contribution in [3.8, 4) is 0 Å². The quantitative estimate of drug-likeness (QED) is 0.572. The van der Waals surface area contributed by atoms with E-state index in [1.165, 1.54) is 18.9 Å². The Labute approximate surface area is 105 Å². The zero-order chi connectivity index (χ0) is 10.7. The second-order valence-corrected chi connectivity index (χ2v) is 15.6. The fourth-order valence-electron chi connectivity index (χ4n) is 1.60. The van der Waals surface area contributed by atoms with E-state index in [1.54, 1.807) is 0 Å². The van der Waals surface area contributed by atoms with E-state index < -0.39 is 6.62 Å². The van der Waals surface area contributed by atoms with E-state index in [4.69, 9.17) is 4.43 Å². The molecule has 0 aromatic carbocycles. The Morgan fingerprint density at radius 2 is 1.64 bits per heavy atom. The first-order chi connectivity index (χ1) is 6.66. The smallest absolute Gasteiger partial charge is 0.319 e. The minimum Gasteiger partial charge on any atom is -0.375 e. The van der Waals surface area contributed by atoms with Crippen molar-refractivity contribution in [2.45, 2.75) is 23.2 Å². The van der Waals surface area contributed by atoms with Crippen molar-refractivity contribution >= 4 is 52.6 Å².